The minimum absolute atomic E-state index is 0.719. The molecule has 0 saturated carbocycles. The lowest BCUT2D eigenvalue weighted by Crippen LogP contribution is -2.09. The van der Waals surface area contributed by atoms with Crippen molar-refractivity contribution in [2.75, 3.05) is 18.4 Å². The summed E-state index contributed by atoms with van der Waals surface area (Å²) in [6.45, 7) is 5.90. The summed E-state index contributed by atoms with van der Waals surface area (Å²) in [5, 5.41) is 4.72. The van der Waals surface area contributed by atoms with E-state index in [1.54, 1.807) is 0 Å². The molecule has 1 aromatic heterocycles. The van der Waals surface area contributed by atoms with E-state index >= 15 is 0 Å². The van der Waals surface area contributed by atoms with Crippen LogP contribution in [0.5, 0.6) is 0 Å². The van der Waals surface area contributed by atoms with Crippen molar-refractivity contribution < 1.29 is 0 Å². The zero-order chi connectivity index (χ0) is 14.4. The summed E-state index contributed by atoms with van der Waals surface area (Å²) in [6, 6.07) is 8.75. The average molecular weight is 271 g/mol. The Hall–Kier alpha value is -1.61. The number of hydrogen-bond acceptors (Lipinski definition) is 3. The first-order valence-electron chi connectivity index (χ1n) is 7.59. The van der Waals surface area contributed by atoms with Gasteiger partial charge in [-0.2, -0.15) is 0 Å². The van der Waals surface area contributed by atoms with Gasteiger partial charge in [0.05, 0.1) is 5.52 Å². The van der Waals surface area contributed by atoms with Crippen LogP contribution in [0.3, 0.4) is 0 Å². The van der Waals surface area contributed by atoms with Crippen molar-refractivity contribution in [2.45, 2.75) is 39.5 Å². The van der Waals surface area contributed by atoms with E-state index in [9.17, 15) is 0 Å². The monoisotopic (exact) mass is 271 g/mol. The van der Waals surface area contributed by atoms with Crippen LogP contribution >= 0.6 is 0 Å². The maximum absolute atomic E-state index is 5.56. The van der Waals surface area contributed by atoms with Gasteiger partial charge in [0.1, 0.15) is 0 Å². The van der Waals surface area contributed by atoms with Crippen molar-refractivity contribution >= 4 is 16.6 Å². The first kappa shape index (κ1) is 14.8. The number of nitrogens with zero attached hydrogens (tertiary/aromatic N) is 1. The highest BCUT2D eigenvalue weighted by Crippen LogP contribution is 2.25. The molecule has 3 N–H and O–H groups in total. The van der Waals surface area contributed by atoms with Crippen molar-refractivity contribution in [1.29, 1.82) is 0 Å². The molecule has 0 amide bonds. The third kappa shape index (κ3) is 3.70. The molecule has 0 radical (unpaired) electrons. The van der Waals surface area contributed by atoms with E-state index in [1.807, 2.05) is 6.92 Å². The second-order valence-electron chi connectivity index (χ2n) is 5.34. The predicted octanol–water partition coefficient (Wildman–Crippen LogP) is 3.65. The van der Waals surface area contributed by atoms with Gasteiger partial charge in [0, 0.05) is 23.3 Å². The van der Waals surface area contributed by atoms with Crippen LogP contribution in [0, 0.1) is 6.92 Å². The minimum atomic E-state index is 0.719. The highest BCUT2D eigenvalue weighted by atomic mass is 14.9. The number of rotatable bonds is 7. The molecule has 2 aromatic rings. The van der Waals surface area contributed by atoms with E-state index in [0.29, 0.717) is 0 Å². The van der Waals surface area contributed by atoms with Crippen molar-refractivity contribution in [3.63, 3.8) is 0 Å². The number of anilines is 1. The molecule has 0 atom stereocenters. The number of pyridine rings is 1. The SMILES string of the molecule is CCCCc1ccc2nc(C)cc(NCCCN)c2c1. The first-order valence-corrected chi connectivity index (χ1v) is 7.59. The molecular formula is C17H25N3. The van der Waals surface area contributed by atoms with E-state index < -0.39 is 0 Å². The Morgan fingerprint density at radius 1 is 1.20 bits per heavy atom. The van der Waals surface area contributed by atoms with E-state index in [0.717, 1.165) is 37.1 Å². The fourth-order valence-electron chi connectivity index (χ4n) is 2.41. The molecule has 108 valence electrons. The van der Waals surface area contributed by atoms with Gasteiger partial charge in [-0.05, 0) is 56.5 Å². The van der Waals surface area contributed by atoms with Crippen LogP contribution in [0.4, 0.5) is 5.69 Å². The van der Waals surface area contributed by atoms with E-state index in [-0.39, 0.29) is 0 Å². The number of unbranched alkanes of at least 4 members (excludes halogenated alkanes) is 1. The van der Waals surface area contributed by atoms with Crippen molar-refractivity contribution in [3.8, 4) is 0 Å². The van der Waals surface area contributed by atoms with Crippen molar-refractivity contribution in [3.05, 3.63) is 35.5 Å². The van der Waals surface area contributed by atoms with Crippen LogP contribution < -0.4 is 11.1 Å². The lowest BCUT2D eigenvalue weighted by molar-refractivity contribution is 0.796. The fraction of sp³-hybridized carbons (Fsp3) is 0.471. The Morgan fingerprint density at radius 2 is 2.05 bits per heavy atom. The summed E-state index contributed by atoms with van der Waals surface area (Å²) in [7, 11) is 0. The van der Waals surface area contributed by atoms with Gasteiger partial charge < -0.3 is 11.1 Å². The molecule has 0 saturated heterocycles. The number of fused-ring (bicyclic) bond motifs is 1. The zero-order valence-corrected chi connectivity index (χ0v) is 12.6. The summed E-state index contributed by atoms with van der Waals surface area (Å²) in [5.41, 5.74) is 10.3. The van der Waals surface area contributed by atoms with Gasteiger partial charge in [-0.15, -0.1) is 0 Å². The number of hydrogen-bond donors (Lipinski definition) is 2. The van der Waals surface area contributed by atoms with E-state index in [2.05, 4.69) is 41.5 Å². The molecule has 2 rings (SSSR count). The van der Waals surface area contributed by atoms with Crippen LogP contribution in [0.15, 0.2) is 24.3 Å². The number of aryl methyl sites for hydroxylation is 2. The van der Waals surface area contributed by atoms with E-state index in [4.69, 9.17) is 5.73 Å². The summed E-state index contributed by atoms with van der Waals surface area (Å²) >= 11 is 0. The highest BCUT2D eigenvalue weighted by Gasteiger charge is 2.05. The zero-order valence-electron chi connectivity index (χ0n) is 12.6. The molecule has 0 aliphatic heterocycles. The highest BCUT2D eigenvalue weighted by molar-refractivity contribution is 5.92. The van der Waals surface area contributed by atoms with Crippen molar-refractivity contribution in [1.82, 2.24) is 4.98 Å². The Labute approximate surface area is 121 Å². The Balaban J connectivity index is 2.31. The van der Waals surface area contributed by atoms with Gasteiger partial charge in [-0.3, -0.25) is 4.98 Å². The molecule has 1 aromatic carbocycles. The summed E-state index contributed by atoms with van der Waals surface area (Å²) in [6.07, 6.45) is 4.59. The molecule has 3 nitrogen and oxygen atoms in total. The number of aromatic nitrogens is 1. The molecule has 3 heteroatoms. The van der Waals surface area contributed by atoms with Crippen LogP contribution in [-0.4, -0.2) is 18.1 Å². The smallest absolute Gasteiger partial charge is 0.0726 e. The summed E-state index contributed by atoms with van der Waals surface area (Å²) in [4.78, 5) is 4.62. The van der Waals surface area contributed by atoms with Gasteiger partial charge >= 0.3 is 0 Å². The first-order chi connectivity index (χ1) is 9.74. The molecule has 1 heterocycles. The standard InChI is InChI=1S/C17H25N3/c1-3-4-6-14-7-8-16-15(12-14)17(11-13(2)20-16)19-10-5-9-18/h7-8,11-12H,3-6,9-10,18H2,1-2H3,(H,19,20). The molecule has 0 spiro atoms. The molecular weight excluding hydrogens is 246 g/mol. The maximum Gasteiger partial charge on any atom is 0.0726 e. The van der Waals surface area contributed by atoms with Gasteiger partial charge in [0.15, 0.2) is 0 Å². The predicted molar refractivity (Wildman–Crippen MR) is 87.3 cm³/mol. The van der Waals surface area contributed by atoms with Gasteiger partial charge in [-0.25, -0.2) is 0 Å². The molecule has 0 aliphatic carbocycles. The van der Waals surface area contributed by atoms with Crippen molar-refractivity contribution in [2.24, 2.45) is 5.73 Å². The lowest BCUT2D eigenvalue weighted by Gasteiger charge is -2.11. The molecule has 0 bridgehead atoms. The molecule has 0 unspecified atom stereocenters. The third-order valence-corrected chi connectivity index (χ3v) is 3.52. The fourth-order valence-corrected chi connectivity index (χ4v) is 2.41. The second-order valence-corrected chi connectivity index (χ2v) is 5.34. The second kappa shape index (κ2) is 7.25. The van der Waals surface area contributed by atoms with Gasteiger partial charge in [-0.1, -0.05) is 19.4 Å². The topological polar surface area (TPSA) is 50.9 Å². The van der Waals surface area contributed by atoms with Gasteiger partial charge in [0.25, 0.3) is 0 Å². The minimum Gasteiger partial charge on any atom is -0.384 e. The Bertz CT molecular complexity index is 563. The number of nitrogens with one attached hydrogen (secondary N) is 1. The molecule has 0 aliphatic rings. The van der Waals surface area contributed by atoms with Crippen LogP contribution in [0.1, 0.15) is 37.4 Å². The largest absolute Gasteiger partial charge is 0.384 e. The normalized spacial score (nSPS) is 10.9. The quantitative estimate of drug-likeness (QED) is 0.756. The maximum atomic E-state index is 5.56. The Morgan fingerprint density at radius 3 is 2.80 bits per heavy atom. The number of nitrogens with two attached hydrogens (primary N) is 1. The summed E-state index contributed by atoms with van der Waals surface area (Å²) in [5.74, 6) is 0. The van der Waals surface area contributed by atoms with Gasteiger partial charge in [0.2, 0.25) is 0 Å². The van der Waals surface area contributed by atoms with Crippen LogP contribution in [0.25, 0.3) is 10.9 Å². The van der Waals surface area contributed by atoms with Crippen LogP contribution in [-0.2, 0) is 6.42 Å². The summed E-state index contributed by atoms with van der Waals surface area (Å²) < 4.78 is 0. The average Bonchev–Trinajstić information content (AvgIpc) is 2.45. The molecule has 0 fully saturated rings. The Kier molecular flexibility index (Phi) is 5.36. The lowest BCUT2D eigenvalue weighted by atomic mass is 10.0. The van der Waals surface area contributed by atoms with Crippen LogP contribution in [0.2, 0.25) is 0 Å². The third-order valence-electron chi connectivity index (χ3n) is 3.52. The number of benzene rings is 1. The molecule has 20 heavy (non-hydrogen) atoms. The van der Waals surface area contributed by atoms with E-state index in [1.165, 1.54) is 29.5 Å².